The summed E-state index contributed by atoms with van der Waals surface area (Å²) in [7, 11) is 0. The molecule has 4 amide bonds. The van der Waals surface area contributed by atoms with Gasteiger partial charge in [0.1, 0.15) is 61.7 Å². The molecule has 36 nitrogen and oxygen atoms in total. The Morgan fingerprint density at radius 2 is 0.888 bits per heavy atom. The minimum atomic E-state index is -0.848. The van der Waals surface area contributed by atoms with Gasteiger partial charge in [-0.1, -0.05) is 75.9 Å². The number of nitrogen functional groups attached to an aromatic ring is 2. The number of piperazine rings is 2. The third-order valence-electron chi connectivity index (χ3n) is 24.4. The van der Waals surface area contributed by atoms with E-state index in [1.165, 1.54) is 32.5 Å². The lowest BCUT2D eigenvalue weighted by Crippen LogP contribution is -2.48. The molecule has 4 saturated heterocycles. The van der Waals surface area contributed by atoms with Crippen molar-refractivity contribution in [3.05, 3.63) is 179 Å². The van der Waals surface area contributed by atoms with E-state index in [2.05, 4.69) is 115 Å². The number of ether oxygens (including phenoxy) is 2. The van der Waals surface area contributed by atoms with Crippen LogP contribution in [0.15, 0.2) is 154 Å². The van der Waals surface area contributed by atoms with Crippen LogP contribution in [0.25, 0.3) is 65.9 Å². The highest BCUT2D eigenvalue weighted by Crippen LogP contribution is 2.39. The standard InChI is InChI=1S/2C48H56N12O6S/c2*1-30(2)44(48(64)60-28-35(61)22-40(60)47(63)53-31(3)33-12-13-38(50-25-33)45-32(4)51-29-67-45)42-24-43(56-66-42)65-21-20-58-18-16-57(17-19-58)14-8-5-9-15-59-27-34(26-52-59)37-23-39(54-55-46(37)49)36-10-6-7-11-41(36)62/h2*6-7,10-13,23-27,29-31,35,40,44,61-62H,8,14-22,28H2,1-4H3,(H2,49,55)(H,53,63)/t31-,35+,40-,44+;31-,35+,40-,44-/m00/s1. The zero-order valence-corrected chi connectivity index (χ0v) is 77.8. The molecule has 4 aliphatic rings. The van der Waals surface area contributed by atoms with Gasteiger partial charge in [0, 0.05) is 188 Å². The van der Waals surface area contributed by atoms with Gasteiger partial charge in [-0.25, -0.2) is 9.97 Å². The van der Waals surface area contributed by atoms with Crippen molar-refractivity contribution >= 4 is 57.9 Å². The molecule has 0 bridgehead atoms. The van der Waals surface area contributed by atoms with Crippen molar-refractivity contribution in [1.29, 1.82) is 0 Å². The van der Waals surface area contributed by atoms with Gasteiger partial charge in [0.2, 0.25) is 23.6 Å². The van der Waals surface area contributed by atoms with Crippen LogP contribution in [0.4, 0.5) is 11.6 Å². The van der Waals surface area contributed by atoms with Crippen molar-refractivity contribution in [1.82, 2.24) is 110 Å². The molecule has 700 valence electrons. The van der Waals surface area contributed by atoms with Gasteiger partial charge in [0.15, 0.2) is 23.2 Å². The lowest BCUT2D eigenvalue weighted by atomic mass is 9.91. The number of β-amino-alcohol motifs (C(OH)–C–C–N with tert-alkyl or cyclic N) is 2. The Bertz CT molecular complexity index is 5770. The second-order valence-electron chi connectivity index (χ2n) is 34.5. The van der Waals surface area contributed by atoms with E-state index in [1.54, 1.807) is 106 Å². The molecule has 2 aromatic carbocycles. The number of nitrogens with two attached hydrogens (primary N) is 2. The quantitative estimate of drug-likeness (QED) is 0.0182. The molecule has 4 fully saturated rings. The Labute approximate surface area is 784 Å². The predicted molar refractivity (Wildman–Crippen MR) is 505 cm³/mol. The predicted octanol–water partition coefficient (Wildman–Crippen LogP) is 9.56. The fourth-order valence-electron chi connectivity index (χ4n) is 16.9. The third kappa shape index (κ3) is 23.8. The number of pyridine rings is 2. The Morgan fingerprint density at radius 3 is 1.25 bits per heavy atom. The number of hydrogen-bond donors (Lipinski definition) is 8. The molecule has 0 aliphatic carbocycles. The second kappa shape index (κ2) is 44.4. The summed E-state index contributed by atoms with van der Waals surface area (Å²) in [5, 5.41) is 81.6. The number of phenolic OH excluding ortho intramolecular Hbond substituents is 2. The minimum absolute atomic E-state index is 0.0403. The maximum absolute atomic E-state index is 14.2. The van der Waals surface area contributed by atoms with Crippen molar-refractivity contribution < 1.29 is 58.1 Å². The number of aliphatic hydroxyl groups excluding tert-OH is 2. The van der Waals surface area contributed by atoms with Crippen LogP contribution in [-0.2, 0) is 32.3 Å². The third-order valence-corrected chi connectivity index (χ3v) is 26.3. The minimum Gasteiger partial charge on any atom is -0.507 e. The molecule has 134 heavy (non-hydrogen) atoms. The fourth-order valence-corrected chi connectivity index (χ4v) is 18.4. The number of amides is 4. The van der Waals surface area contributed by atoms with Crippen molar-refractivity contribution in [2.75, 3.05) is 116 Å². The zero-order chi connectivity index (χ0) is 94.1. The molecule has 12 aromatic rings. The number of aromatic nitrogens is 14. The number of rotatable bonds is 32. The molecular weight excluding hydrogens is 1750 g/mol. The molecule has 4 aliphatic heterocycles. The van der Waals surface area contributed by atoms with Gasteiger partial charge in [0.05, 0.1) is 91.6 Å². The normalized spacial score (nSPS) is 17.6. The first-order valence-corrected chi connectivity index (χ1v) is 46.8. The highest BCUT2D eigenvalue weighted by molar-refractivity contribution is 7.13. The molecule has 16 rings (SSSR count). The smallest absolute Gasteiger partial charge is 0.254 e. The number of nitrogens with zero attached hydrogens (tertiary/aromatic N) is 20. The van der Waals surface area contributed by atoms with E-state index in [0.29, 0.717) is 96.3 Å². The Morgan fingerprint density at radius 1 is 0.493 bits per heavy atom. The van der Waals surface area contributed by atoms with E-state index >= 15 is 0 Å². The molecule has 0 unspecified atom stereocenters. The zero-order valence-electron chi connectivity index (χ0n) is 76.2. The number of aliphatic hydroxyl groups is 2. The van der Waals surface area contributed by atoms with Gasteiger partial charge in [-0.3, -0.25) is 58.1 Å². The van der Waals surface area contributed by atoms with E-state index < -0.39 is 36.1 Å². The molecule has 38 heteroatoms. The number of aromatic hydroxyl groups is 2. The average Bonchev–Trinajstić information content (AvgIpc) is 1.70. The molecule has 0 spiro atoms. The maximum atomic E-state index is 14.2. The van der Waals surface area contributed by atoms with E-state index in [9.17, 15) is 39.6 Å². The number of anilines is 2. The molecule has 14 heterocycles. The summed E-state index contributed by atoms with van der Waals surface area (Å²) in [5.74, 6) is 11.9. The van der Waals surface area contributed by atoms with Crippen LogP contribution < -0.4 is 31.6 Å². The largest absolute Gasteiger partial charge is 0.507 e. The molecule has 8 atom stereocenters. The number of benzene rings is 2. The van der Waals surface area contributed by atoms with Gasteiger partial charge in [-0.15, -0.1) is 54.9 Å². The first kappa shape index (κ1) is 95.2. The van der Waals surface area contributed by atoms with Crippen LogP contribution in [0, 0.1) is 49.4 Å². The Hall–Kier alpha value is -13.4. The Balaban J connectivity index is 0.000000204. The van der Waals surface area contributed by atoms with Crippen LogP contribution in [0.5, 0.6) is 23.3 Å². The number of carbonyl (C=O) groups excluding carboxylic acids is 4. The highest BCUT2D eigenvalue weighted by Gasteiger charge is 2.46. The fraction of sp³-hybridized carbons (Fsp3) is 0.417. The van der Waals surface area contributed by atoms with E-state index in [1.807, 2.05) is 104 Å². The summed E-state index contributed by atoms with van der Waals surface area (Å²) in [6, 6.07) is 26.1. The van der Waals surface area contributed by atoms with Crippen LogP contribution in [-0.4, -0.2) is 273 Å². The lowest BCUT2D eigenvalue weighted by molar-refractivity contribution is -0.141. The van der Waals surface area contributed by atoms with Gasteiger partial charge < -0.3 is 70.8 Å². The lowest BCUT2D eigenvalue weighted by Gasteiger charge is -2.34. The Kier molecular flexibility index (Phi) is 31.5. The summed E-state index contributed by atoms with van der Waals surface area (Å²) < 4.78 is 26.9. The first-order valence-electron chi connectivity index (χ1n) is 45.0. The number of phenols is 2. The van der Waals surface area contributed by atoms with Crippen molar-refractivity contribution in [3.63, 3.8) is 0 Å². The van der Waals surface area contributed by atoms with E-state index in [4.69, 9.17) is 30.0 Å². The summed E-state index contributed by atoms with van der Waals surface area (Å²) in [5.41, 5.74) is 26.1. The number of aryl methyl sites for hydroxylation is 2. The van der Waals surface area contributed by atoms with Gasteiger partial charge in [0.25, 0.3) is 11.8 Å². The van der Waals surface area contributed by atoms with Gasteiger partial charge in [-0.2, -0.15) is 10.2 Å². The number of nitrogens with one attached hydrogen (secondary N) is 2. The summed E-state index contributed by atoms with van der Waals surface area (Å²) in [6.07, 6.45) is 10.7. The first-order chi connectivity index (χ1) is 64.8. The average molecular weight is 1860 g/mol. The number of carbonyl (C=O) groups is 4. The van der Waals surface area contributed by atoms with Crippen LogP contribution in [0.2, 0.25) is 0 Å². The van der Waals surface area contributed by atoms with Crippen LogP contribution in [0.3, 0.4) is 0 Å². The number of thiazole rings is 2. The highest BCUT2D eigenvalue weighted by atomic mass is 32.1. The molecule has 10 aromatic heterocycles. The van der Waals surface area contributed by atoms with Crippen molar-refractivity contribution in [3.8, 4) is 113 Å². The SMILES string of the molecule is Cc1ncsc1-c1ccc([C@H](C)NC(=O)[C@@H]2C[C@@H](O)CN2C(=O)[C@@H](c2cc(OCCN3CCN(CCC#CCn4cc(-c5cc(-c6ccccc6O)nnc5N)cn4)CC3)no2)C(C)C)cn1.Cc1ncsc1-c1ccc([C@H](C)NC(=O)[C@@H]2C[C@@H](O)CN2C(=O)[C@H](c2cc(OCCN3CCN(CCC#CCn4cc(-c5cc(-c6ccccc6O)nnc5N)cn4)CC3)no2)C(C)C)cn1. The van der Waals surface area contributed by atoms with E-state index in [-0.39, 0.29) is 96.6 Å². The number of likely N-dealkylation sites (tertiary alicyclic amines) is 2. The van der Waals surface area contributed by atoms with E-state index in [0.717, 1.165) is 133 Å². The number of hydrogen-bond acceptors (Lipinski definition) is 32. The van der Waals surface area contributed by atoms with Crippen molar-refractivity contribution in [2.45, 2.75) is 142 Å². The summed E-state index contributed by atoms with van der Waals surface area (Å²) in [4.78, 5) is 87.9. The molecular formula is C96H112N24O12S2. The number of para-hydroxylation sites is 2. The second-order valence-corrected chi connectivity index (χ2v) is 36.2. The molecule has 10 N–H and O–H groups in total. The molecule has 0 radical (unpaired) electrons. The maximum Gasteiger partial charge on any atom is 0.254 e. The van der Waals surface area contributed by atoms with Crippen LogP contribution >= 0.6 is 22.7 Å². The van der Waals surface area contributed by atoms with Gasteiger partial charge >= 0.3 is 0 Å². The monoisotopic (exact) mass is 1860 g/mol. The van der Waals surface area contributed by atoms with Crippen molar-refractivity contribution in [2.24, 2.45) is 11.8 Å². The molecule has 0 saturated carbocycles. The summed E-state index contributed by atoms with van der Waals surface area (Å²) in [6.45, 7) is 27.4. The summed E-state index contributed by atoms with van der Waals surface area (Å²) >= 11 is 3.05. The van der Waals surface area contributed by atoms with Gasteiger partial charge in [-0.05, 0) is 110 Å². The topological polar surface area (TPSA) is 454 Å². The van der Waals surface area contributed by atoms with Crippen LogP contribution in [0.1, 0.15) is 125 Å².